The Balaban J connectivity index is 2.68. The number of halogens is 5. The largest absolute Gasteiger partial charge is 0.478 e. The molecule has 2 rings (SSSR count). The van der Waals surface area contributed by atoms with Crippen molar-refractivity contribution in [3.8, 4) is 11.1 Å². The lowest BCUT2D eigenvalue weighted by Gasteiger charge is -2.12. The second-order valence-corrected chi connectivity index (χ2v) is 4.19. The summed E-state index contributed by atoms with van der Waals surface area (Å²) in [6, 6.07) is 4.58. The SMILES string of the molecule is O=C(O)c1ccc(F)cc1-c1ccc(F)c(C(F)(F)F)c1. The molecule has 0 fully saturated rings. The zero-order valence-corrected chi connectivity index (χ0v) is 10.2. The Kier molecular flexibility index (Phi) is 3.67. The molecule has 2 aromatic rings. The van der Waals surface area contributed by atoms with E-state index >= 15 is 0 Å². The van der Waals surface area contributed by atoms with Gasteiger partial charge in [-0.25, -0.2) is 13.6 Å². The van der Waals surface area contributed by atoms with E-state index in [0.29, 0.717) is 12.1 Å². The molecule has 110 valence electrons. The van der Waals surface area contributed by atoms with E-state index in [-0.39, 0.29) is 16.7 Å². The van der Waals surface area contributed by atoms with Crippen LogP contribution in [0, 0.1) is 11.6 Å². The lowest BCUT2D eigenvalue weighted by atomic mass is 9.97. The van der Waals surface area contributed by atoms with E-state index in [1.165, 1.54) is 0 Å². The van der Waals surface area contributed by atoms with Crippen LogP contribution in [-0.4, -0.2) is 11.1 Å². The minimum atomic E-state index is -4.93. The number of benzene rings is 2. The molecule has 0 heterocycles. The summed E-state index contributed by atoms with van der Waals surface area (Å²) < 4.78 is 64.4. The topological polar surface area (TPSA) is 37.3 Å². The van der Waals surface area contributed by atoms with Crippen molar-refractivity contribution in [3.05, 3.63) is 59.2 Å². The van der Waals surface area contributed by atoms with Gasteiger partial charge in [0.1, 0.15) is 11.6 Å². The maximum Gasteiger partial charge on any atom is 0.419 e. The first-order valence-electron chi connectivity index (χ1n) is 5.60. The summed E-state index contributed by atoms with van der Waals surface area (Å²) in [4.78, 5) is 11.0. The van der Waals surface area contributed by atoms with Gasteiger partial charge in [0, 0.05) is 0 Å². The van der Waals surface area contributed by atoms with E-state index < -0.39 is 29.3 Å². The average Bonchev–Trinajstić information content (AvgIpc) is 2.37. The minimum absolute atomic E-state index is 0.236. The summed E-state index contributed by atoms with van der Waals surface area (Å²) in [6.45, 7) is 0. The molecule has 0 radical (unpaired) electrons. The third-order valence-corrected chi connectivity index (χ3v) is 2.79. The fourth-order valence-corrected chi connectivity index (χ4v) is 1.85. The van der Waals surface area contributed by atoms with Crippen LogP contribution in [0.4, 0.5) is 22.0 Å². The quantitative estimate of drug-likeness (QED) is 0.837. The highest BCUT2D eigenvalue weighted by Crippen LogP contribution is 2.35. The number of carboxylic acids is 1. The van der Waals surface area contributed by atoms with Gasteiger partial charge >= 0.3 is 12.1 Å². The monoisotopic (exact) mass is 302 g/mol. The van der Waals surface area contributed by atoms with Gasteiger partial charge in [-0.05, 0) is 41.5 Å². The summed E-state index contributed by atoms with van der Waals surface area (Å²) in [7, 11) is 0. The summed E-state index contributed by atoms with van der Waals surface area (Å²) >= 11 is 0. The van der Waals surface area contributed by atoms with Crippen LogP contribution in [0.3, 0.4) is 0 Å². The molecule has 0 unspecified atom stereocenters. The number of carbonyl (C=O) groups is 1. The average molecular weight is 302 g/mol. The smallest absolute Gasteiger partial charge is 0.419 e. The van der Waals surface area contributed by atoms with Crippen molar-refractivity contribution in [3.63, 3.8) is 0 Å². The second kappa shape index (κ2) is 5.16. The van der Waals surface area contributed by atoms with Crippen molar-refractivity contribution in [2.45, 2.75) is 6.18 Å². The first-order chi connectivity index (χ1) is 9.70. The summed E-state index contributed by atoms with van der Waals surface area (Å²) in [6.07, 6.45) is -4.93. The Morgan fingerprint density at radius 2 is 1.67 bits per heavy atom. The van der Waals surface area contributed by atoms with Crippen molar-refractivity contribution in [2.24, 2.45) is 0 Å². The highest BCUT2D eigenvalue weighted by atomic mass is 19.4. The van der Waals surface area contributed by atoms with Gasteiger partial charge in [-0.15, -0.1) is 0 Å². The second-order valence-electron chi connectivity index (χ2n) is 4.19. The number of hydrogen-bond donors (Lipinski definition) is 1. The molecule has 0 saturated carbocycles. The van der Waals surface area contributed by atoms with Crippen LogP contribution in [0.2, 0.25) is 0 Å². The Bertz CT molecular complexity index is 707. The van der Waals surface area contributed by atoms with Gasteiger partial charge in [0.25, 0.3) is 0 Å². The van der Waals surface area contributed by atoms with Gasteiger partial charge < -0.3 is 5.11 Å². The van der Waals surface area contributed by atoms with Gasteiger partial charge in [-0.3, -0.25) is 0 Å². The molecule has 0 aliphatic rings. The van der Waals surface area contributed by atoms with Crippen molar-refractivity contribution >= 4 is 5.97 Å². The number of carboxylic acid groups (broad SMARTS) is 1. The molecule has 0 bridgehead atoms. The zero-order chi connectivity index (χ0) is 15.8. The molecule has 2 nitrogen and oxygen atoms in total. The molecule has 0 atom stereocenters. The fourth-order valence-electron chi connectivity index (χ4n) is 1.85. The van der Waals surface area contributed by atoms with Gasteiger partial charge in [0.15, 0.2) is 0 Å². The van der Waals surface area contributed by atoms with Crippen LogP contribution in [0.25, 0.3) is 11.1 Å². The number of aromatic carboxylic acids is 1. The molecule has 0 amide bonds. The lowest BCUT2D eigenvalue weighted by molar-refractivity contribution is -0.139. The van der Waals surface area contributed by atoms with E-state index in [4.69, 9.17) is 5.11 Å². The highest BCUT2D eigenvalue weighted by molar-refractivity contribution is 5.96. The first-order valence-corrected chi connectivity index (χ1v) is 5.60. The standard InChI is InChI=1S/C14H7F5O2/c15-8-2-3-9(13(20)21)10(6-8)7-1-4-12(16)11(5-7)14(17,18)19/h1-6H,(H,20,21). The molecule has 7 heteroatoms. The molecular formula is C14H7F5O2. The summed E-state index contributed by atoms with van der Waals surface area (Å²) in [5.74, 6) is -3.73. The number of alkyl halides is 3. The summed E-state index contributed by atoms with van der Waals surface area (Å²) in [5.41, 5.74) is -2.41. The minimum Gasteiger partial charge on any atom is -0.478 e. The van der Waals surface area contributed by atoms with Crippen LogP contribution < -0.4 is 0 Å². The molecular weight excluding hydrogens is 295 g/mol. The normalized spacial score (nSPS) is 11.5. The summed E-state index contributed by atoms with van der Waals surface area (Å²) in [5, 5.41) is 8.98. The molecule has 1 N–H and O–H groups in total. The van der Waals surface area contributed by atoms with Crippen molar-refractivity contribution in [1.82, 2.24) is 0 Å². The van der Waals surface area contributed by atoms with Gasteiger partial charge in [-0.1, -0.05) is 6.07 Å². The van der Waals surface area contributed by atoms with Crippen LogP contribution in [0.15, 0.2) is 36.4 Å². The van der Waals surface area contributed by atoms with Crippen molar-refractivity contribution in [2.75, 3.05) is 0 Å². The van der Waals surface area contributed by atoms with Crippen molar-refractivity contribution < 1.29 is 31.9 Å². The van der Waals surface area contributed by atoms with Gasteiger partial charge in [0.2, 0.25) is 0 Å². The Morgan fingerprint density at radius 3 is 2.24 bits per heavy atom. The predicted octanol–water partition coefficient (Wildman–Crippen LogP) is 4.35. The first kappa shape index (κ1) is 15.0. The van der Waals surface area contributed by atoms with Crippen LogP contribution in [-0.2, 0) is 6.18 Å². The van der Waals surface area contributed by atoms with Gasteiger partial charge in [0.05, 0.1) is 11.1 Å². The lowest BCUT2D eigenvalue weighted by Crippen LogP contribution is -2.08. The van der Waals surface area contributed by atoms with E-state index in [0.717, 1.165) is 24.3 Å². The molecule has 0 aliphatic carbocycles. The van der Waals surface area contributed by atoms with Crippen molar-refractivity contribution in [1.29, 1.82) is 0 Å². The van der Waals surface area contributed by atoms with E-state index in [2.05, 4.69) is 0 Å². The Morgan fingerprint density at radius 1 is 1.00 bits per heavy atom. The molecule has 0 aliphatic heterocycles. The molecule has 2 aromatic carbocycles. The van der Waals surface area contributed by atoms with E-state index in [1.54, 1.807) is 0 Å². The maximum absolute atomic E-state index is 13.2. The molecule has 0 saturated heterocycles. The third kappa shape index (κ3) is 3.01. The number of rotatable bonds is 2. The van der Waals surface area contributed by atoms with Gasteiger partial charge in [-0.2, -0.15) is 13.2 Å². The Labute approximate surface area is 115 Å². The Hall–Kier alpha value is -2.44. The van der Waals surface area contributed by atoms with Crippen LogP contribution >= 0.6 is 0 Å². The van der Waals surface area contributed by atoms with Crippen LogP contribution in [0.5, 0.6) is 0 Å². The predicted molar refractivity (Wildman–Crippen MR) is 63.8 cm³/mol. The fraction of sp³-hybridized carbons (Fsp3) is 0.0714. The van der Waals surface area contributed by atoms with Crippen LogP contribution in [0.1, 0.15) is 15.9 Å². The van der Waals surface area contributed by atoms with E-state index in [1.807, 2.05) is 0 Å². The van der Waals surface area contributed by atoms with E-state index in [9.17, 15) is 26.7 Å². The zero-order valence-electron chi connectivity index (χ0n) is 10.2. The molecule has 0 spiro atoms. The highest BCUT2D eigenvalue weighted by Gasteiger charge is 2.34. The third-order valence-electron chi connectivity index (χ3n) is 2.79. The molecule has 0 aromatic heterocycles. The molecule has 21 heavy (non-hydrogen) atoms. The maximum atomic E-state index is 13.2. The number of hydrogen-bond acceptors (Lipinski definition) is 1.